The van der Waals surface area contributed by atoms with Crippen LogP contribution in [-0.2, 0) is 0 Å². The lowest BCUT2D eigenvalue weighted by molar-refractivity contribution is -0.274. The molecule has 0 saturated heterocycles. The minimum absolute atomic E-state index is 0.0420. The van der Waals surface area contributed by atoms with Crippen LogP contribution in [0.5, 0.6) is 5.75 Å². The van der Waals surface area contributed by atoms with Crippen molar-refractivity contribution >= 4 is 34.7 Å². The molecule has 0 radical (unpaired) electrons. The van der Waals surface area contributed by atoms with Crippen LogP contribution in [0.4, 0.5) is 24.7 Å². The number of rotatable bonds is 3. The van der Waals surface area contributed by atoms with Gasteiger partial charge in [0.1, 0.15) is 10.8 Å². The number of halogens is 5. The van der Waals surface area contributed by atoms with Crippen LogP contribution in [0.2, 0.25) is 10.3 Å². The summed E-state index contributed by atoms with van der Waals surface area (Å²) in [6.07, 6.45) is -3.48. The molecule has 20 heavy (non-hydrogen) atoms. The Morgan fingerprint density at radius 1 is 1.20 bits per heavy atom. The molecule has 0 aliphatic carbocycles. The zero-order chi connectivity index (χ0) is 14.8. The first kappa shape index (κ1) is 14.7. The molecular weight excluding hydrogens is 318 g/mol. The van der Waals surface area contributed by atoms with Crippen molar-refractivity contribution in [3.05, 3.63) is 40.8 Å². The van der Waals surface area contributed by atoms with Gasteiger partial charge in [0.2, 0.25) is 5.28 Å². The van der Waals surface area contributed by atoms with Crippen LogP contribution in [0, 0.1) is 0 Å². The van der Waals surface area contributed by atoms with E-state index in [1.807, 2.05) is 0 Å². The number of benzene rings is 1. The maximum absolute atomic E-state index is 12.1. The Morgan fingerprint density at radius 3 is 2.65 bits per heavy atom. The van der Waals surface area contributed by atoms with Gasteiger partial charge in [-0.15, -0.1) is 13.2 Å². The Hall–Kier alpha value is -1.73. The van der Waals surface area contributed by atoms with Gasteiger partial charge in [0.25, 0.3) is 0 Å². The molecule has 0 fully saturated rings. The number of hydrogen-bond acceptors (Lipinski definition) is 4. The van der Waals surface area contributed by atoms with E-state index in [1.54, 1.807) is 0 Å². The SMILES string of the molecule is FC(F)(F)Oc1cccc(Nc2nc(Cl)ncc2Cl)c1. The quantitative estimate of drug-likeness (QED) is 0.849. The van der Waals surface area contributed by atoms with Gasteiger partial charge in [-0.05, 0) is 23.7 Å². The van der Waals surface area contributed by atoms with Gasteiger partial charge in [0.15, 0.2) is 5.82 Å². The molecule has 1 N–H and O–H groups in total. The van der Waals surface area contributed by atoms with Gasteiger partial charge in [-0.1, -0.05) is 17.7 Å². The van der Waals surface area contributed by atoms with E-state index in [0.29, 0.717) is 5.69 Å². The summed E-state index contributed by atoms with van der Waals surface area (Å²) in [6.45, 7) is 0. The van der Waals surface area contributed by atoms with Gasteiger partial charge in [0, 0.05) is 11.8 Å². The number of anilines is 2. The van der Waals surface area contributed by atoms with Gasteiger partial charge < -0.3 is 10.1 Å². The van der Waals surface area contributed by atoms with E-state index in [9.17, 15) is 13.2 Å². The first-order chi connectivity index (χ1) is 9.33. The number of aromatic nitrogens is 2. The van der Waals surface area contributed by atoms with Crippen molar-refractivity contribution in [3.63, 3.8) is 0 Å². The number of ether oxygens (including phenoxy) is 1. The molecular formula is C11H6Cl2F3N3O. The van der Waals surface area contributed by atoms with Gasteiger partial charge in [-0.3, -0.25) is 0 Å². The number of hydrogen-bond donors (Lipinski definition) is 1. The van der Waals surface area contributed by atoms with Crippen LogP contribution >= 0.6 is 23.2 Å². The smallest absolute Gasteiger partial charge is 0.406 e. The molecule has 1 aromatic heterocycles. The fourth-order valence-electron chi connectivity index (χ4n) is 1.34. The molecule has 1 aromatic carbocycles. The second-order valence-corrected chi connectivity index (χ2v) is 4.28. The Kier molecular flexibility index (Phi) is 4.20. The first-order valence-electron chi connectivity index (χ1n) is 5.14. The summed E-state index contributed by atoms with van der Waals surface area (Å²) < 4.78 is 40.1. The standard InChI is InChI=1S/C11H6Cl2F3N3O/c12-8-5-17-10(13)19-9(8)18-6-2-1-3-7(4-6)20-11(14,15)16/h1-5H,(H,17,18,19). The normalized spacial score (nSPS) is 11.2. The van der Waals surface area contributed by atoms with Crippen LogP contribution in [0.15, 0.2) is 30.5 Å². The first-order valence-corrected chi connectivity index (χ1v) is 5.90. The maximum Gasteiger partial charge on any atom is 0.573 e. The third-order valence-corrected chi connectivity index (χ3v) is 2.50. The van der Waals surface area contributed by atoms with E-state index in [1.165, 1.54) is 24.4 Å². The molecule has 2 aromatic rings. The fraction of sp³-hybridized carbons (Fsp3) is 0.0909. The lowest BCUT2D eigenvalue weighted by Gasteiger charge is -2.11. The van der Waals surface area contributed by atoms with E-state index in [2.05, 4.69) is 20.0 Å². The largest absolute Gasteiger partial charge is 0.573 e. The minimum Gasteiger partial charge on any atom is -0.406 e. The van der Waals surface area contributed by atoms with E-state index in [4.69, 9.17) is 23.2 Å². The minimum atomic E-state index is -4.76. The van der Waals surface area contributed by atoms with Crippen LogP contribution < -0.4 is 10.1 Å². The average Bonchev–Trinajstić information content (AvgIpc) is 2.32. The van der Waals surface area contributed by atoms with Gasteiger partial charge in [-0.25, -0.2) is 4.98 Å². The van der Waals surface area contributed by atoms with Crippen LogP contribution in [-0.4, -0.2) is 16.3 Å². The summed E-state index contributed by atoms with van der Waals surface area (Å²) in [7, 11) is 0. The summed E-state index contributed by atoms with van der Waals surface area (Å²) in [4.78, 5) is 7.48. The molecule has 0 atom stereocenters. The van der Waals surface area contributed by atoms with Crippen LogP contribution in [0.1, 0.15) is 0 Å². The van der Waals surface area contributed by atoms with Gasteiger partial charge in [-0.2, -0.15) is 4.98 Å². The van der Waals surface area contributed by atoms with E-state index in [-0.39, 0.29) is 21.9 Å². The number of nitrogens with zero attached hydrogens (tertiary/aromatic N) is 2. The number of alkyl halides is 3. The highest BCUT2D eigenvalue weighted by Gasteiger charge is 2.31. The fourth-order valence-corrected chi connectivity index (χ4v) is 1.61. The van der Waals surface area contributed by atoms with Crippen molar-refractivity contribution < 1.29 is 17.9 Å². The maximum atomic E-state index is 12.1. The van der Waals surface area contributed by atoms with E-state index in [0.717, 1.165) is 6.07 Å². The van der Waals surface area contributed by atoms with Gasteiger partial charge >= 0.3 is 6.36 Å². The molecule has 1 heterocycles. The summed E-state index contributed by atoms with van der Waals surface area (Å²) in [6, 6.07) is 5.24. The highest BCUT2D eigenvalue weighted by atomic mass is 35.5. The summed E-state index contributed by atoms with van der Waals surface area (Å²) in [5.41, 5.74) is 0.309. The molecule has 106 valence electrons. The van der Waals surface area contributed by atoms with Crippen molar-refractivity contribution in [1.82, 2.24) is 9.97 Å². The van der Waals surface area contributed by atoms with Crippen LogP contribution in [0.25, 0.3) is 0 Å². The average molecular weight is 324 g/mol. The Bertz CT molecular complexity index is 622. The molecule has 0 bridgehead atoms. The highest BCUT2D eigenvalue weighted by Crippen LogP contribution is 2.28. The molecule has 2 rings (SSSR count). The second kappa shape index (κ2) is 5.72. The predicted octanol–water partition coefficient (Wildman–Crippen LogP) is 4.43. The Morgan fingerprint density at radius 2 is 1.95 bits per heavy atom. The Balaban J connectivity index is 2.21. The third-order valence-electron chi connectivity index (χ3n) is 2.05. The van der Waals surface area contributed by atoms with E-state index < -0.39 is 6.36 Å². The molecule has 0 saturated carbocycles. The molecule has 9 heteroatoms. The number of nitrogens with one attached hydrogen (secondary N) is 1. The topological polar surface area (TPSA) is 47.0 Å². The van der Waals surface area contributed by atoms with E-state index >= 15 is 0 Å². The predicted molar refractivity (Wildman–Crippen MR) is 68.5 cm³/mol. The lowest BCUT2D eigenvalue weighted by Crippen LogP contribution is -2.17. The summed E-state index contributed by atoms with van der Waals surface area (Å²) in [5.74, 6) is -0.186. The van der Waals surface area contributed by atoms with Crippen molar-refractivity contribution in [2.24, 2.45) is 0 Å². The highest BCUT2D eigenvalue weighted by molar-refractivity contribution is 6.33. The molecule has 0 aliphatic heterocycles. The van der Waals surface area contributed by atoms with Crippen LogP contribution in [0.3, 0.4) is 0 Å². The zero-order valence-corrected chi connectivity index (χ0v) is 11.1. The molecule has 0 spiro atoms. The molecule has 4 nitrogen and oxygen atoms in total. The summed E-state index contributed by atoms with van der Waals surface area (Å²) >= 11 is 11.4. The second-order valence-electron chi connectivity index (χ2n) is 3.54. The third kappa shape index (κ3) is 4.14. The van der Waals surface area contributed by atoms with Crippen molar-refractivity contribution in [2.75, 3.05) is 5.32 Å². The monoisotopic (exact) mass is 323 g/mol. The van der Waals surface area contributed by atoms with Gasteiger partial charge in [0.05, 0.1) is 6.20 Å². The summed E-state index contributed by atoms with van der Waals surface area (Å²) in [5, 5.41) is 2.86. The van der Waals surface area contributed by atoms with Crippen molar-refractivity contribution in [2.45, 2.75) is 6.36 Å². The Labute approximate surface area is 121 Å². The van der Waals surface area contributed by atoms with Crippen molar-refractivity contribution in [1.29, 1.82) is 0 Å². The van der Waals surface area contributed by atoms with Crippen molar-refractivity contribution in [3.8, 4) is 5.75 Å². The molecule has 0 aliphatic rings. The molecule has 0 amide bonds. The molecule has 0 unspecified atom stereocenters. The zero-order valence-electron chi connectivity index (χ0n) is 9.58. The lowest BCUT2D eigenvalue weighted by atomic mass is 10.3.